The summed E-state index contributed by atoms with van der Waals surface area (Å²) in [6.07, 6.45) is 1.79. The topological polar surface area (TPSA) is 80.5 Å². The number of hydrogen-bond acceptors (Lipinski definition) is 6. The van der Waals surface area contributed by atoms with Crippen molar-refractivity contribution < 1.29 is 13.9 Å². The molecule has 2 aromatic heterocycles. The minimum absolute atomic E-state index is 0.0333. The highest BCUT2D eigenvalue weighted by Gasteiger charge is 2.29. The van der Waals surface area contributed by atoms with Gasteiger partial charge < -0.3 is 19.4 Å². The smallest absolute Gasteiger partial charge is 0.231 e. The number of furan rings is 1. The molecule has 1 aliphatic rings. The van der Waals surface area contributed by atoms with E-state index >= 15 is 0 Å². The molecule has 1 saturated heterocycles. The maximum Gasteiger partial charge on any atom is 0.231 e. The molecule has 1 fully saturated rings. The lowest BCUT2D eigenvalue weighted by molar-refractivity contribution is -0.120. The molecule has 3 heterocycles. The van der Waals surface area contributed by atoms with E-state index < -0.39 is 0 Å². The molecule has 1 amide bonds. The molecule has 0 radical (unpaired) electrons. The molecule has 158 valence electrons. The predicted molar refractivity (Wildman–Crippen MR) is 117 cm³/mol. The molecule has 1 aromatic carbocycles. The van der Waals surface area contributed by atoms with Gasteiger partial charge in [-0.25, -0.2) is 4.98 Å². The highest BCUT2D eigenvalue weighted by molar-refractivity contribution is 5.94. The van der Waals surface area contributed by atoms with Crippen LogP contribution in [0, 0.1) is 26.7 Å². The number of carbonyl (C=O) groups is 1. The Kier molecular flexibility index (Phi) is 5.61. The van der Waals surface area contributed by atoms with Crippen LogP contribution in [0.1, 0.15) is 36.9 Å². The molecule has 0 aliphatic carbocycles. The van der Waals surface area contributed by atoms with Gasteiger partial charge in [0.15, 0.2) is 0 Å². The molecule has 1 atom stereocenters. The molecule has 4 rings (SSSR count). The number of benzene rings is 1. The first kappa shape index (κ1) is 20.2. The van der Waals surface area contributed by atoms with Crippen LogP contribution in [0.2, 0.25) is 0 Å². The van der Waals surface area contributed by atoms with Gasteiger partial charge in [-0.1, -0.05) is 0 Å². The van der Waals surface area contributed by atoms with Crippen molar-refractivity contribution in [3.05, 3.63) is 41.4 Å². The number of anilines is 2. The van der Waals surface area contributed by atoms with Crippen LogP contribution in [-0.2, 0) is 4.79 Å². The fourth-order valence-electron chi connectivity index (χ4n) is 3.99. The summed E-state index contributed by atoms with van der Waals surface area (Å²) in [5.74, 6) is 3.12. The van der Waals surface area contributed by atoms with E-state index in [1.807, 2.05) is 52.0 Å². The fraction of sp³-hybridized carbons (Fsp3) is 0.435. The number of aryl methyl sites for hydroxylation is 3. The molecule has 0 spiro atoms. The monoisotopic (exact) mass is 408 g/mol. The Balaban J connectivity index is 1.52. The summed E-state index contributed by atoms with van der Waals surface area (Å²) < 4.78 is 11.3. The molecular weight excluding hydrogens is 380 g/mol. The van der Waals surface area contributed by atoms with Gasteiger partial charge in [0.1, 0.15) is 23.2 Å². The Morgan fingerprint density at radius 2 is 2.00 bits per heavy atom. The van der Waals surface area contributed by atoms with Gasteiger partial charge in [-0.2, -0.15) is 4.98 Å². The van der Waals surface area contributed by atoms with Crippen molar-refractivity contribution in [2.24, 2.45) is 5.92 Å². The second kappa shape index (κ2) is 8.34. The summed E-state index contributed by atoms with van der Waals surface area (Å²) in [5, 5.41) is 3.99. The van der Waals surface area contributed by atoms with Crippen molar-refractivity contribution in [3.8, 4) is 5.75 Å². The number of nitrogens with one attached hydrogen (secondary N) is 1. The summed E-state index contributed by atoms with van der Waals surface area (Å²) in [6, 6.07) is 7.49. The van der Waals surface area contributed by atoms with Crippen molar-refractivity contribution in [1.29, 1.82) is 0 Å². The van der Waals surface area contributed by atoms with Crippen LogP contribution < -0.4 is 15.0 Å². The SMILES string of the molecule is CCOc1ccc(NC(=O)[C@H]2CCCN(c3nc(C)nc4oc(C)c(C)c34)C2)cc1. The first-order valence-corrected chi connectivity index (χ1v) is 10.5. The molecule has 1 aliphatic heterocycles. The molecule has 1 N–H and O–H groups in total. The van der Waals surface area contributed by atoms with Crippen LogP contribution in [0.4, 0.5) is 11.5 Å². The number of hydrogen-bond donors (Lipinski definition) is 1. The number of fused-ring (bicyclic) bond motifs is 1. The minimum atomic E-state index is -0.107. The Morgan fingerprint density at radius 3 is 2.73 bits per heavy atom. The Morgan fingerprint density at radius 1 is 1.23 bits per heavy atom. The van der Waals surface area contributed by atoms with Gasteiger partial charge >= 0.3 is 0 Å². The number of carbonyl (C=O) groups excluding carboxylic acids is 1. The average molecular weight is 409 g/mol. The molecule has 3 aromatic rings. The summed E-state index contributed by atoms with van der Waals surface area (Å²) >= 11 is 0. The van der Waals surface area contributed by atoms with Gasteiger partial charge in [-0.05, 0) is 64.8 Å². The van der Waals surface area contributed by atoms with Gasteiger partial charge in [0.25, 0.3) is 0 Å². The van der Waals surface area contributed by atoms with E-state index in [0.717, 1.165) is 53.4 Å². The van der Waals surface area contributed by atoms with Crippen LogP contribution in [0.3, 0.4) is 0 Å². The highest BCUT2D eigenvalue weighted by Crippen LogP contribution is 2.33. The fourth-order valence-corrected chi connectivity index (χ4v) is 3.99. The third-order valence-corrected chi connectivity index (χ3v) is 5.65. The molecule has 0 unspecified atom stereocenters. The molecule has 0 bridgehead atoms. The number of amides is 1. The number of aromatic nitrogens is 2. The van der Waals surface area contributed by atoms with Gasteiger partial charge in [0, 0.05) is 24.3 Å². The van der Waals surface area contributed by atoms with Crippen molar-refractivity contribution in [2.45, 2.75) is 40.5 Å². The Labute approximate surface area is 176 Å². The van der Waals surface area contributed by atoms with E-state index in [-0.39, 0.29) is 11.8 Å². The summed E-state index contributed by atoms with van der Waals surface area (Å²) in [5.41, 5.74) is 2.46. The van der Waals surface area contributed by atoms with Crippen LogP contribution in [0.25, 0.3) is 11.1 Å². The lowest BCUT2D eigenvalue weighted by Gasteiger charge is -2.33. The largest absolute Gasteiger partial charge is 0.494 e. The third-order valence-electron chi connectivity index (χ3n) is 5.65. The van der Waals surface area contributed by atoms with E-state index in [2.05, 4.69) is 15.2 Å². The molecule has 7 nitrogen and oxygen atoms in total. The van der Waals surface area contributed by atoms with Crippen LogP contribution in [-0.4, -0.2) is 35.6 Å². The van der Waals surface area contributed by atoms with E-state index in [1.165, 1.54) is 0 Å². The van der Waals surface area contributed by atoms with Crippen LogP contribution in [0.15, 0.2) is 28.7 Å². The minimum Gasteiger partial charge on any atom is -0.494 e. The second-order valence-corrected chi connectivity index (χ2v) is 7.79. The first-order chi connectivity index (χ1) is 14.5. The zero-order valence-corrected chi connectivity index (χ0v) is 18.0. The van der Waals surface area contributed by atoms with E-state index in [0.29, 0.717) is 24.7 Å². The molecule has 0 saturated carbocycles. The zero-order chi connectivity index (χ0) is 21.3. The van der Waals surface area contributed by atoms with Crippen molar-refractivity contribution in [3.63, 3.8) is 0 Å². The van der Waals surface area contributed by atoms with Crippen molar-refractivity contribution in [2.75, 3.05) is 29.9 Å². The number of ether oxygens (including phenoxy) is 1. The third kappa shape index (κ3) is 3.97. The normalized spacial score (nSPS) is 16.7. The van der Waals surface area contributed by atoms with E-state index in [1.54, 1.807) is 0 Å². The Hall–Kier alpha value is -3.09. The number of rotatable bonds is 5. The van der Waals surface area contributed by atoms with E-state index in [9.17, 15) is 4.79 Å². The van der Waals surface area contributed by atoms with Crippen LogP contribution >= 0.6 is 0 Å². The Bertz CT molecular complexity index is 1060. The summed E-state index contributed by atoms with van der Waals surface area (Å²) in [7, 11) is 0. The van der Waals surface area contributed by atoms with Gasteiger partial charge in [0.05, 0.1) is 17.9 Å². The molecular formula is C23H28N4O3. The quantitative estimate of drug-likeness (QED) is 0.674. The van der Waals surface area contributed by atoms with Crippen molar-refractivity contribution in [1.82, 2.24) is 9.97 Å². The summed E-state index contributed by atoms with van der Waals surface area (Å²) in [6.45, 7) is 9.90. The van der Waals surface area contributed by atoms with Crippen molar-refractivity contribution >= 4 is 28.5 Å². The highest BCUT2D eigenvalue weighted by atomic mass is 16.5. The van der Waals surface area contributed by atoms with E-state index in [4.69, 9.17) is 14.1 Å². The zero-order valence-electron chi connectivity index (χ0n) is 18.0. The molecule has 7 heteroatoms. The number of nitrogens with zero attached hydrogens (tertiary/aromatic N) is 3. The summed E-state index contributed by atoms with van der Waals surface area (Å²) in [4.78, 5) is 24.3. The average Bonchev–Trinajstić information content (AvgIpc) is 3.02. The predicted octanol–water partition coefficient (Wildman–Crippen LogP) is 4.40. The lowest BCUT2D eigenvalue weighted by Crippen LogP contribution is -2.41. The maximum absolute atomic E-state index is 12.9. The van der Waals surface area contributed by atoms with Crippen LogP contribution in [0.5, 0.6) is 5.75 Å². The first-order valence-electron chi connectivity index (χ1n) is 10.5. The van der Waals surface area contributed by atoms with Gasteiger partial charge in [-0.15, -0.1) is 0 Å². The standard InChI is InChI=1S/C23H28N4O3/c1-5-29-19-10-8-18(9-11-19)26-22(28)17-7-6-12-27(13-17)21-20-14(2)15(3)30-23(20)25-16(4)24-21/h8-11,17H,5-7,12-13H2,1-4H3,(H,26,28)/t17-/m0/s1. The maximum atomic E-state index is 12.9. The number of piperidine rings is 1. The van der Waals surface area contributed by atoms with Gasteiger partial charge in [0.2, 0.25) is 11.6 Å². The lowest BCUT2D eigenvalue weighted by atomic mass is 9.96. The van der Waals surface area contributed by atoms with Gasteiger partial charge in [-0.3, -0.25) is 4.79 Å². The second-order valence-electron chi connectivity index (χ2n) is 7.79. The molecule has 30 heavy (non-hydrogen) atoms.